The predicted molar refractivity (Wildman–Crippen MR) is 95.1 cm³/mol. The van der Waals surface area contributed by atoms with Crippen molar-refractivity contribution in [2.45, 2.75) is 13.3 Å². The molecule has 3 rings (SSSR count). The molecule has 3 nitrogen and oxygen atoms in total. The number of amides is 1. The highest BCUT2D eigenvalue weighted by atomic mass is 16.1. The van der Waals surface area contributed by atoms with Crippen LogP contribution >= 0.6 is 0 Å². The number of aromatic amines is 1. The fourth-order valence-corrected chi connectivity index (χ4v) is 2.65. The average Bonchev–Trinajstić information content (AvgIpc) is 2.99. The summed E-state index contributed by atoms with van der Waals surface area (Å²) in [5.41, 5.74) is 4.12. The lowest BCUT2D eigenvalue weighted by Gasteiger charge is -2.05. The third kappa shape index (κ3) is 3.69. The molecule has 3 heteroatoms. The molecular formula is C20H20N2O. The lowest BCUT2D eigenvalue weighted by Crippen LogP contribution is -2.26. The zero-order valence-corrected chi connectivity index (χ0v) is 13.2. The fraction of sp³-hybridized carbons (Fsp3) is 0.150. The van der Waals surface area contributed by atoms with Gasteiger partial charge in [0.15, 0.2) is 0 Å². The van der Waals surface area contributed by atoms with E-state index < -0.39 is 0 Å². The van der Waals surface area contributed by atoms with E-state index in [0.717, 1.165) is 23.1 Å². The number of hydrogen-bond donors (Lipinski definition) is 2. The van der Waals surface area contributed by atoms with E-state index in [1.165, 1.54) is 10.9 Å². The maximum absolute atomic E-state index is 12.2. The minimum Gasteiger partial charge on any atom is -0.361 e. The Bertz CT molecular complexity index is 831. The second kappa shape index (κ2) is 6.97. The first kappa shape index (κ1) is 15.1. The van der Waals surface area contributed by atoms with Gasteiger partial charge < -0.3 is 10.3 Å². The molecule has 0 saturated heterocycles. The van der Waals surface area contributed by atoms with Gasteiger partial charge in [-0.15, -0.1) is 0 Å². The number of hydrogen-bond acceptors (Lipinski definition) is 1. The van der Waals surface area contributed by atoms with E-state index in [-0.39, 0.29) is 5.91 Å². The molecule has 116 valence electrons. The van der Waals surface area contributed by atoms with Crippen LogP contribution in [-0.2, 0) is 11.2 Å². The number of rotatable bonds is 5. The van der Waals surface area contributed by atoms with E-state index in [9.17, 15) is 4.79 Å². The number of nitrogens with one attached hydrogen (secondary N) is 2. The molecule has 0 spiro atoms. The topological polar surface area (TPSA) is 44.9 Å². The summed E-state index contributed by atoms with van der Waals surface area (Å²) in [7, 11) is 0. The van der Waals surface area contributed by atoms with Gasteiger partial charge in [0.05, 0.1) is 0 Å². The molecule has 0 radical (unpaired) electrons. The predicted octanol–water partition coefficient (Wildman–Crippen LogP) is 3.93. The van der Waals surface area contributed by atoms with Gasteiger partial charge in [-0.2, -0.15) is 0 Å². The van der Waals surface area contributed by atoms with Crippen LogP contribution in [0.2, 0.25) is 0 Å². The number of benzene rings is 2. The summed E-state index contributed by atoms with van der Waals surface area (Å²) in [6.45, 7) is 2.47. The SMILES string of the molecule is C/C(=C\c1ccccc1)C(=O)NCCc1c[nH]c2ccccc12. The number of para-hydroxylation sites is 1. The molecule has 0 aliphatic rings. The van der Waals surface area contributed by atoms with Crippen molar-refractivity contribution in [3.05, 3.63) is 77.5 Å². The zero-order valence-electron chi connectivity index (χ0n) is 13.2. The highest BCUT2D eigenvalue weighted by Gasteiger charge is 2.06. The molecule has 23 heavy (non-hydrogen) atoms. The van der Waals surface area contributed by atoms with Crippen molar-refractivity contribution in [1.29, 1.82) is 0 Å². The van der Waals surface area contributed by atoms with Gasteiger partial charge in [0.2, 0.25) is 5.91 Å². The molecular weight excluding hydrogens is 284 g/mol. The molecule has 0 bridgehead atoms. The quantitative estimate of drug-likeness (QED) is 0.689. The Hall–Kier alpha value is -2.81. The fourth-order valence-electron chi connectivity index (χ4n) is 2.65. The first-order valence-electron chi connectivity index (χ1n) is 7.80. The first-order chi connectivity index (χ1) is 11.2. The second-order valence-corrected chi connectivity index (χ2v) is 5.60. The number of carbonyl (C=O) groups is 1. The molecule has 0 aliphatic carbocycles. The second-order valence-electron chi connectivity index (χ2n) is 5.60. The van der Waals surface area contributed by atoms with E-state index >= 15 is 0 Å². The van der Waals surface area contributed by atoms with Gasteiger partial charge in [0.1, 0.15) is 0 Å². The summed E-state index contributed by atoms with van der Waals surface area (Å²) in [5.74, 6) is -0.0197. The Labute approximate surface area is 136 Å². The van der Waals surface area contributed by atoms with E-state index in [1.807, 2.05) is 61.7 Å². The number of fused-ring (bicyclic) bond motifs is 1. The Morgan fingerprint density at radius 2 is 1.83 bits per heavy atom. The third-order valence-electron chi connectivity index (χ3n) is 3.90. The van der Waals surface area contributed by atoms with Crippen molar-refractivity contribution in [3.63, 3.8) is 0 Å². The molecule has 1 amide bonds. The first-order valence-corrected chi connectivity index (χ1v) is 7.80. The molecule has 1 aromatic heterocycles. The Morgan fingerprint density at radius 1 is 1.09 bits per heavy atom. The van der Waals surface area contributed by atoms with Crippen molar-refractivity contribution in [2.24, 2.45) is 0 Å². The van der Waals surface area contributed by atoms with Crippen LogP contribution < -0.4 is 5.32 Å². The molecule has 0 fully saturated rings. The van der Waals surface area contributed by atoms with Crippen LogP contribution in [0.15, 0.2) is 66.4 Å². The van der Waals surface area contributed by atoms with E-state index in [4.69, 9.17) is 0 Å². The summed E-state index contributed by atoms with van der Waals surface area (Å²) >= 11 is 0. The molecule has 2 N–H and O–H groups in total. The van der Waals surface area contributed by atoms with Gasteiger partial charge in [0.25, 0.3) is 0 Å². The smallest absolute Gasteiger partial charge is 0.246 e. The Morgan fingerprint density at radius 3 is 2.65 bits per heavy atom. The van der Waals surface area contributed by atoms with Crippen LogP contribution in [0.25, 0.3) is 17.0 Å². The van der Waals surface area contributed by atoms with Crippen molar-refractivity contribution >= 4 is 22.9 Å². The highest BCUT2D eigenvalue weighted by molar-refractivity contribution is 5.97. The summed E-state index contributed by atoms with van der Waals surface area (Å²) < 4.78 is 0. The number of aromatic nitrogens is 1. The van der Waals surface area contributed by atoms with Crippen molar-refractivity contribution < 1.29 is 4.79 Å². The molecule has 0 atom stereocenters. The van der Waals surface area contributed by atoms with Gasteiger partial charge in [0, 0.05) is 29.2 Å². The van der Waals surface area contributed by atoms with E-state index in [1.54, 1.807) is 0 Å². The standard InChI is InChI=1S/C20H20N2O/c1-15(13-16-7-3-2-4-8-16)20(23)21-12-11-17-14-22-19-10-6-5-9-18(17)19/h2-10,13-14,22H,11-12H2,1H3,(H,21,23)/b15-13+. The van der Waals surface area contributed by atoms with Crippen LogP contribution in [0.4, 0.5) is 0 Å². The summed E-state index contributed by atoms with van der Waals surface area (Å²) in [5, 5.41) is 4.21. The Kier molecular flexibility index (Phi) is 4.57. The summed E-state index contributed by atoms with van der Waals surface area (Å²) in [6, 6.07) is 18.1. The number of carbonyl (C=O) groups excluding carboxylic acids is 1. The molecule has 3 aromatic rings. The van der Waals surface area contributed by atoms with Gasteiger partial charge in [-0.05, 0) is 36.6 Å². The molecule has 1 heterocycles. The van der Waals surface area contributed by atoms with Crippen LogP contribution in [0.5, 0.6) is 0 Å². The van der Waals surface area contributed by atoms with Crippen molar-refractivity contribution in [1.82, 2.24) is 10.3 Å². The van der Waals surface area contributed by atoms with Crippen LogP contribution in [0, 0.1) is 0 Å². The van der Waals surface area contributed by atoms with Crippen molar-refractivity contribution in [2.75, 3.05) is 6.54 Å². The molecule has 0 aliphatic heterocycles. The molecule has 0 saturated carbocycles. The lowest BCUT2D eigenvalue weighted by molar-refractivity contribution is -0.117. The van der Waals surface area contributed by atoms with Gasteiger partial charge >= 0.3 is 0 Å². The normalized spacial score (nSPS) is 11.6. The minimum atomic E-state index is -0.0197. The van der Waals surface area contributed by atoms with Crippen LogP contribution in [0.1, 0.15) is 18.1 Å². The van der Waals surface area contributed by atoms with E-state index in [2.05, 4.69) is 22.4 Å². The largest absolute Gasteiger partial charge is 0.361 e. The van der Waals surface area contributed by atoms with Gasteiger partial charge in [-0.3, -0.25) is 4.79 Å². The molecule has 0 unspecified atom stereocenters. The average molecular weight is 304 g/mol. The van der Waals surface area contributed by atoms with Crippen molar-refractivity contribution in [3.8, 4) is 0 Å². The Balaban J connectivity index is 1.58. The maximum atomic E-state index is 12.2. The summed E-state index contributed by atoms with van der Waals surface area (Å²) in [6.07, 6.45) is 4.74. The summed E-state index contributed by atoms with van der Waals surface area (Å²) in [4.78, 5) is 15.4. The van der Waals surface area contributed by atoms with Crippen LogP contribution in [0.3, 0.4) is 0 Å². The minimum absolute atomic E-state index is 0.0197. The molecule has 2 aromatic carbocycles. The van der Waals surface area contributed by atoms with Gasteiger partial charge in [-0.25, -0.2) is 0 Å². The van der Waals surface area contributed by atoms with E-state index in [0.29, 0.717) is 6.54 Å². The lowest BCUT2D eigenvalue weighted by atomic mass is 10.1. The van der Waals surface area contributed by atoms with Crippen LogP contribution in [-0.4, -0.2) is 17.4 Å². The number of H-pyrrole nitrogens is 1. The third-order valence-corrected chi connectivity index (χ3v) is 3.90. The van der Waals surface area contributed by atoms with Gasteiger partial charge in [-0.1, -0.05) is 48.5 Å². The maximum Gasteiger partial charge on any atom is 0.246 e. The highest BCUT2D eigenvalue weighted by Crippen LogP contribution is 2.17. The monoisotopic (exact) mass is 304 g/mol. The zero-order chi connectivity index (χ0) is 16.1.